The molecule has 3 saturated carbocycles. The van der Waals surface area contributed by atoms with E-state index in [9.17, 15) is 5.11 Å². The maximum atomic E-state index is 10.2. The zero-order chi connectivity index (χ0) is 20.8. The topological polar surface area (TPSA) is 20.2 Å². The average molecular weight is 401 g/mol. The van der Waals surface area contributed by atoms with Gasteiger partial charge in [0.1, 0.15) is 0 Å². The van der Waals surface area contributed by atoms with Crippen LogP contribution in [-0.2, 0) is 0 Å². The van der Waals surface area contributed by atoms with E-state index in [0.29, 0.717) is 10.8 Å². The van der Waals surface area contributed by atoms with E-state index < -0.39 is 0 Å². The van der Waals surface area contributed by atoms with Crippen molar-refractivity contribution < 1.29 is 5.11 Å². The Bertz CT molecular complexity index is 605. The van der Waals surface area contributed by atoms with E-state index >= 15 is 0 Å². The smallest absolute Gasteiger partial charge is 0.0577 e. The van der Waals surface area contributed by atoms with Crippen LogP contribution in [0.25, 0.3) is 0 Å². The highest BCUT2D eigenvalue weighted by Gasteiger charge is 2.58. The fraction of sp³-hybridized carbons (Fsp3) is 0.929. The molecule has 3 fully saturated rings. The van der Waals surface area contributed by atoms with Gasteiger partial charge in [0, 0.05) is 0 Å². The van der Waals surface area contributed by atoms with Gasteiger partial charge in [-0.2, -0.15) is 0 Å². The molecule has 0 bridgehead atoms. The van der Waals surface area contributed by atoms with Gasteiger partial charge >= 0.3 is 0 Å². The molecule has 29 heavy (non-hydrogen) atoms. The van der Waals surface area contributed by atoms with Crippen LogP contribution in [0.5, 0.6) is 0 Å². The lowest BCUT2D eigenvalue weighted by molar-refractivity contribution is -0.0510. The highest BCUT2D eigenvalue weighted by molar-refractivity contribution is 5.25. The second kappa shape index (κ2) is 8.33. The van der Waals surface area contributed by atoms with Gasteiger partial charge in [0.25, 0.3) is 0 Å². The number of hydrogen-bond donors (Lipinski definition) is 1. The predicted octanol–water partition coefficient (Wildman–Crippen LogP) is 7.78. The van der Waals surface area contributed by atoms with Crippen molar-refractivity contribution in [3.63, 3.8) is 0 Å². The Balaban J connectivity index is 1.43. The van der Waals surface area contributed by atoms with Crippen LogP contribution in [0.1, 0.15) is 112 Å². The maximum Gasteiger partial charge on any atom is 0.0577 e. The molecule has 0 saturated heterocycles. The first-order valence-corrected chi connectivity index (χ1v) is 13.2. The zero-order valence-corrected chi connectivity index (χ0v) is 20.1. The highest BCUT2D eigenvalue weighted by atomic mass is 16.3. The minimum absolute atomic E-state index is 0.0756. The quantitative estimate of drug-likeness (QED) is 0.451. The number of allylic oxidation sites excluding steroid dienone is 1. The van der Waals surface area contributed by atoms with Gasteiger partial charge < -0.3 is 5.11 Å². The summed E-state index contributed by atoms with van der Waals surface area (Å²) in [7, 11) is 0. The van der Waals surface area contributed by atoms with E-state index in [0.717, 1.165) is 48.3 Å². The second-order valence-electron chi connectivity index (χ2n) is 12.3. The summed E-state index contributed by atoms with van der Waals surface area (Å²) in [5.74, 6) is 5.52. The summed E-state index contributed by atoms with van der Waals surface area (Å²) in [4.78, 5) is 0. The van der Waals surface area contributed by atoms with Crippen molar-refractivity contribution in [2.24, 2.45) is 46.3 Å². The van der Waals surface area contributed by atoms with E-state index in [4.69, 9.17) is 0 Å². The van der Waals surface area contributed by atoms with E-state index in [1.54, 1.807) is 5.57 Å². The van der Waals surface area contributed by atoms with Crippen molar-refractivity contribution in [1.82, 2.24) is 0 Å². The molecule has 0 heterocycles. The van der Waals surface area contributed by atoms with Gasteiger partial charge in [-0.25, -0.2) is 0 Å². The van der Waals surface area contributed by atoms with Crippen molar-refractivity contribution in [3.8, 4) is 0 Å². The third-order valence-corrected chi connectivity index (χ3v) is 10.9. The van der Waals surface area contributed by atoms with Gasteiger partial charge in [-0.15, -0.1) is 0 Å². The molecule has 4 aliphatic rings. The molecule has 1 nitrogen and oxygen atoms in total. The van der Waals surface area contributed by atoms with Crippen molar-refractivity contribution >= 4 is 0 Å². The van der Waals surface area contributed by atoms with Gasteiger partial charge in [0.05, 0.1) is 6.10 Å². The number of rotatable bonds is 6. The molecule has 0 spiro atoms. The number of fused-ring (bicyclic) bond motifs is 5. The lowest BCUT2D eigenvalue weighted by atomic mass is 9.47. The average Bonchev–Trinajstić information content (AvgIpc) is 3.02. The molecule has 1 N–H and O–H groups in total. The third-order valence-electron chi connectivity index (χ3n) is 10.9. The standard InChI is InChI=1S/C28H48O/c1-6-20(19(2)3)8-7-9-21-11-13-25-24-12-10-22-18-23(29)14-16-28(22,5)26(24)15-17-27(21,25)4/h10,19-21,23-26,29H,6-9,11-18H2,1-5H3/t20?,21?,23?,24?,25?,26-,27?,28?/m0/s1. The number of hydrogen-bond acceptors (Lipinski definition) is 1. The summed E-state index contributed by atoms with van der Waals surface area (Å²) in [6.45, 7) is 12.5. The number of aliphatic hydroxyl groups excluding tert-OH is 1. The molecular weight excluding hydrogens is 352 g/mol. The van der Waals surface area contributed by atoms with Gasteiger partial charge in [-0.3, -0.25) is 0 Å². The summed E-state index contributed by atoms with van der Waals surface area (Å²) in [6, 6.07) is 0. The van der Waals surface area contributed by atoms with Gasteiger partial charge in [0.2, 0.25) is 0 Å². The van der Waals surface area contributed by atoms with Crippen LogP contribution < -0.4 is 0 Å². The molecule has 0 aromatic carbocycles. The Hall–Kier alpha value is -0.300. The van der Waals surface area contributed by atoms with Gasteiger partial charge in [-0.05, 0) is 104 Å². The first-order valence-electron chi connectivity index (χ1n) is 13.2. The first kappa shape index (κ1) is 21.9. The molecule has 0 radical (unpaired) electrons. The van der Waals surface area contributed by atoms with Crippen LogP contribution in [0.15, 0.2) is 11.6 Å². The van der Waals surface area contributed by atoms with Crippen LogP contribution in [0, 0.1) is 46.3 Å². The Morgan fingerprint density at radius 3 is 2.59 bits per heavy atom. The predicted molar refractivity (Wildman–Crippen MR) is 124 cm³/mol. The van der Waals surface area contributed by atoms with Crippen molar-refractivity contribution in [1.29, 1.82) is 0 Å². The molecule has 0 amide bonds. The lowest BCUT2D eigenvalue weighted by Gasteiger charge is -2.58. The Labute approximate surface area is 181 Å². The Kier molecular flexibility index (Phi) is 6.29. The van der Waals surface area contributed by atoms with Crippen molar-refractivity contribution in [2.45, 2.75) is 118 Å². The van der Waals surface area contributed by atoms with E-state index in [1.165, 1.54) is 64.2 Å². The fourth-order valence-electron chi connectivity index (χ4n) is 8.86. The van der Waals surface area contributed by atoms with Crippen molar-refractivity contribution in [3.05, 3.63) is 11.6 Å². The fourth-order valence-corrected chi connectivity index (χ4v) is 8.86. The normalized spacial score (nSPS) is 45.3. The molecule has 7 unspecified atom stereocenters. The molecule has 166 valence electrons. The number of aliphatic hydroxyl groups is 1. The molecule has 1 heteroatoms. The zero-order valence-electron chi connectivity index (χ0n) is 20.1. The van der Waals surface area contributed by atoms with E-state index in [2.05, 4.69) is 40.7 Å². The van der Waals surface area contributed by atoms with E-state index in [-0.39, 0.29) is 6.10 Å². The van der Waals surface area contributed by atoms with Crippen LogP contribution in [0.3, 0.4) is 0 Å². The van der Waals surface area contributed by atoms with Crippen molar-refractivity contribution in [2.75, 3.05) is 0 Å². The Morgan fingerprint density at radius 1 is 1.07 bits per heavy atom. The third kappa shape index (κ3) is 3.77. The van der Waals surface area contributed by atoms with Crippen LogP contribution in [-0.4, -0.2) is 11.2 Å². The molecule has 0 aromatic rings. The molecule has 0 aliphatic heterocycles. The molecule has 4 rings (SSSR count). The minimum atomic E-state index is -0.0756. The largest absolute Gasteiger partial charge is 0.393 e. The summed E-state index contributed by atoms with van der Waals surface area (Å²) in [6.07, 6.45) is 18.7. The summed E-state index contributed by atoms with van der Waals surface area (Å²) in [5, 5.41) is 10.2. The maximum absolute atomic E-state index is 10.2. The first-order chi connectivity index (χ1) is 13.8. The minimum Gasteiger partial charge on any atom is -0.393 e. The second-order valence-corrected chi connectivity index (χ2v) is 12.3. The molecule has 8 atom stereocenters. The highest BCUT2D eigenvalue weighted by Crippen LogP contribution is 2.66. The van der Waals surface area contributed by atoms with Crippen LogP contribution >= 0.6 is 0 Å². The van der Waals surface area contributed by atoms with Gasteiger partial charge in [-0.1, -0.05) is 65.5 Å². The van der Waals surface area contributed by atoms with Crippen LogP contribution in [0.2, 0.25) is 0 Å². The van der Waals surface area contributed by atoms with E-state index in [1.807, 2.05) is 0 Å². The molecule has 4 aliphatic carbocycles. The molecule has 0 aromatic heterocycles. The Morgan fingerprint density at radius 2 is 1.86 bits per heavy atom. The lowest BCUT2D eigenvalue weighted by Crippen LogP contribution is -2.50. The summed E-state index contributed by atoms with van der Waals surface area (Å²) >= 11 is 0. The molecular formula is C28H48O. The van der Waals surface area contributed by atoms with Gasteiger partial charge in [0.15, 0.2) is 0 Å². The monoisotopic (exact) mass is 400 g/mol. The van der Waals surface area contributed by atoms with Crippen LogP contribution in [0.4, 0.5) is 0 Å². The SMILES string of the molecule is CCC(CCCC1CCC2C3CC=C4CC(O)CCC4(C)[C@H]3CCC12C)C(C)C. The summed E-state index contributed by atoms with van der Waals surface area (Å²) in [5.41, 5.74) is 2.62. The summed E-state index contributed by atoms with van der Waals surface area (Å²) < 4.78 is 0.